The molecule has 3 N–H and O–H groups in total. The highest BCUT2D eigenvalue weighted by Gasteiger charge is 2.43. The SMILES string of the molecule is Cc1ncsc1-c1ccc([C@H](C)NC(=O)[C@@H]2C[C@@H](O)CN2C(=O)[C@@H](c2cc(OC3CN(CC4CCNCC4)C3)no2)C(C)C)cc1. The summed E-state index contributed by atoms with van der Waals surface area (Å²) in [5, 5.41) is 21.2. The minimum absolute atomic E-state index is 0.0460. The van der Waals surface area contributed by atoms with Crippen LogP contribution in [0.15, 0.2) is 40.4 Å². The van der Waals surface area contributed by atoms with Crippen LogP contribution in [0.3, 0.4) is 0 Å². The highest BCUT2D eigenvalue weighted by atomic mass is 32.1. The maximum absolute atomic E-state index is 14.0. The number of thiazole rings is 1. The number of nitrogens with zero attached hydrogens (tertiary/aromatic N) is 4. The predicted octanol–water partition coefficient (Wildman–Crippen LogP) is 3.75. The van der Waals surface area contributed by atoms with E-state index in [1.54, 1.807) is 17.4 Å². The van der Waals surface area contributed by atoms with E-state index in [-0.39, 0.29) is 42.8 Å². The van der Waals surface area contributed by atoms with E-state index in [1.165, 1.54) is 17.7 Å². The van der Waals surface area contributed by atoms with Crippen molar-refractivity contribution in [2.75, 3.05) is 39.3 Å². The summed E-state index contributed by atoms with van der Waals surface area (Å²) in [6.07, 6.45) is 1.88. The van der Waals surface area contributed by atoms with Crippen molar-refractivity contribution in [2.24, 2.45) is 11.8 Å². The Labute approximate surface area is 274 Å². The number of ether oxygens (including phenoxy) is 1. The van der Waals surface area contributed by atoms with Crippen molar-refractivity contribution in [3.63, 3.8) is 0 Å². The number of piperidine rings is 1. The summed E-state index contributed by atoms with van der Waals surface area (Å²) in [4.78, 5) is 36.9. The largest absolute Gasteiger partial charge is 0.469 e. The van der Waals surface area contributed by atoms with Gasteiger partial charge in [0.1, 0.15) is 18.1 Å². The molecule has 0 radical (unpaired) electrons. The summed E-state index contributed by atoms with van der Waals surface area (Å²) in [5.74, 6) is 0.183. The summed E-state index contributed by atoms with van der Waals surface area (Å²) >= 11 is 1.60. The second-order valence-electron chi connectivity index (χ2n) is 13.5. The van der Waals surface area contributed by atoms with Gasteiger partial charge in [0.05, 0.1) is 28.2 Å². The normalized spacial score (nSPS) is 22.5. The molecule has 0 spiro atoms. The molecule has 3 fully saturated rings. The highest BCUT2D eigenvalue weighted by Crippen LogP contribution is 2.34. The molecule has 46 heavy (non-hydrogen) atoms. The topological polar surface area (TPSA) is 133 Å². The van der Waals surface area contributed by atoms with Crippen LogP contribution in [0.1, 0.15) is 69.0 Å². The zero-order chi connectivity index (χ0) is 32.4. The fraction of sp³-hybridized carbons (Fsp3) is 0.588. The Morgan fingerprint density at radius 1 is 1.15 bits per heavy atom. The molecule has 3 aromatic rings. The van der Waals surface area contributed by atoms with E-state index in [0.717, 1.165) is 60.3 Å². The van der Waals surface area contributed by atoms with Gasteiger partial charge in [-0.05, 0) is 67.9 Å². The lowest BCUT2D eigenvalue weighted by Crippen LogP contribution is -2.55. The smallest absolute Gasteiger partial charge is 0.254 e. The molecule has 3 saturated heterocycles. The Balaban J connectivity index is 1.06. The molecule has 6 rings (SSSR count). The number of hydrogen-bond donors (Lipinski definition) is 3. The van der Waals surface area contributed by atoms with Gasteiger partial charge in [0.2, 0.25) is 11.8 Å². The zero-order valence-electron chi connectivity index (χ0n) is 27.1. The van der Waals surface area contributed by atoms with Crippen LogP contribution in [0.5, 0.6) is 5.88 Å². The number of hydrogen-bond acceptors (Lipinski definition) is 10. The Morgan fingerprint density at radius 2 is 1.89 bits per heavy atom. The van der Waals surface area contributed by atoms with Crippen molar-refractivity contribution in [3.8, 4) is 16.3 Å². The third kappa shape index (κ3) is 7.30. The minimum atomic E-state index is -0.787. The van der Waals surface area contributed by atoms with Gasteiger partial charge in [0.15, 0.2) is 5.76 Å². The van der Waals surface area contributed by atoms with Crippen LogP contribution in [0.4, 0.5) is 0 Å². The fourth-order valence-corrected chi connectivity index (χ4v) is 7.75. The third-order valence-electron chi connectivity index (χ3n) is 9.57. The maximum Gasteiger partial charge on any atom is 0.254 e. The molecule has 5 heterocycles. The van der Waals surface area contributed by atoms with Gasteiger partial charge >= 0.3 is 0 Å². The van der Waals surface area contributed by atoms with Crippen molar-refractivity contribution in [1.82, 2.24) is 30.6 Å². The minimum Gasteiger partial charge on any atom is -0.469 e. The second kappa shape index (κ2) is 14.2. The number of carbonyl (C=O) groups excluding carboxylic acids is 2. The molecule has 4 atom stereocenters. The Bertz CT molecular complexity index is 1480. The molecule has 1 aromatic carbocycles. The molecule has 11 nitrogen and oxygen atoms in total. The number of rotatable bonds is 11. The lowest BCUT2D eigenvalue weighted by atomic mass is 9.91. The first kappa shape index (κ1) is 32.6. The number of aliphatic hydroxyl groups is 1. The number of likely N-dealkylation sites (tertiary alicyclic amines) is 2. The number of aryl methyl sites for hydroxylation is 1. The number of aromatic nitrogens is 2. The third-order valence-corrected chi connectivity index (χ3v) is 10.6. The molecule has 0 bridgehead atoms. The van der Waals surface area contributed by atoms with Gasteiger partial charge < -0.3 is 29.9 Å². The average molecular weight is 651 g/mol. The van der Waals surface area contributed by atoms with Crippen LogP contribution in [-0.4, -0.2) is 94.4 Å². The van der Waals surface area contributed by atoms with Gasteiger partial charge in [-0.15, -0.1) is 11.3 Å². The molecule has 0 aliphatic carbocycles. The van der Waals surface area contributed by atoms with E-state index >= 15 is 0 Å². The molecule has 248 valence electrons. The second-order valence-corrected chi connectivity index (χ2v) is 14.3. The maximum atomic E-state index is 14.0. The van der Waals surface area contributed by atoms with Crippen molar-refractivity contribution >= 4 is 23.2 Å². The molecule has 12 heteroatoms. The van der Waals surface area contributed by atoms with Crippen LogP contribution in [-0.2, 0) is 9.59 Å². The van der Waals surface area contributed by atoms with Crippen molar-refractivity contribution in [3.05, 3.63) is 52.9 Å². The van der Waals surface area contributed by atoms with E-state index in [0.29, 0.717) is 11.6 Å². The number of carbonyl (C=O) groups is 2. The number of benzene rings is 1. The average Bonchev–Trinajstić information content (AvgIpc) is 3.76. The Kier molecular flexibility index (Phi) is 10.1. The Hall–Kier alpha value is -3.32. The van der Waals surface area contributed by atoms with Crippen LogP contribution in [0.25, 0.3) is 10.4 Å². The van der Waals surface area contributed by atoms with Gasteiger partial charge in [-0.25, -0.2) is 4.98 Å². The highest BCUT2D eigenvalue weighted by molar-refractivity contribution is 7.13. The van der Waals surface area contributed by atoms with Crippen LogP contribution < -0.4 is 15.4 Å². The van der Waals surface area contributed by atoms with E-state index in [4.69, 9.17) is 9.26 Å². The first-order valence-electron chi connectivity index (χ1n) is 16.5. The summed E-state index contributed by atoms with van der Waals surface area (Å²) in [6, 6.07) is 8.71. The van der Waals surface area contributed by atoms with Gasteiger partial charge in [-0.3, -0.25) is 14.5 Å². The van der Waals surface area contributed by atoms with E-state index in [2.05, 4.69) is 25.7 Å². The van der Waals surface area contributed by atoms with Gasteiger partial charge in [0.25, 0.3) is 5.88 Å². The van der Waals surface area contributed by atoms with Gasteiger partial charge in [0, 0.05) is 38.7 Å². The standard InChI is InChI=1S/C34H46N6O5S/c1-20(2)31(29-14-30(38-45-29)44-27-17-39(18-27)15-23-9-11-35-12-10-23)34(43)40-16-26(41)13-28(40)33(42)37-21(3)24-5-7-25(8-6-24)32-22(4)36-19-46-32/h5-8,14,19-21,23,26-28,31,35,41H,9-13,15-18H2,1-4H3,(H,37,42)/t21-,26+,28-,31+/m0/s1. The molecule has 0 saturated carbocycles. The molecule has 2 aromatic heterocycles. The summed E-state index contributed by atoms with van der Waals surface area (Å²) in [6.45, 7) is 12.9. The quantitative estimate of drug-likeness (QED) is 0.284. The Morgan fingerprint density at radius 3 is 2.57 bits per heavy atom. The van der Waals surface area contributed by atoms with Crippen molar-refractivity contribution in [2.45, 2.75) is 77.2 Å². The number of β-amino-alcohol motifs (C(OH)–C–C–N with tert-alkyl or cyclic N) is 1. The lowest BCUT2D eigenvalue weighted by Gasteiger charge is -2.41. The van der Waals surface area contributed by atoms with Crippen LogP contribution >= 0.6 is 11.3 Å². The summed E-state index contributed by atoms with van der Waals surface area (Å²) in [7, 11) is 0. The van der Waals surface area contributed by atoms with Crippen molar-refractivity contribution < 1.29 is 24.0 Å². The van der Waals surface area contributed by atoms with Crippen LogP contribution in [0.2, 0.25) is 0 Å². The fourth-order valence-electron chi connectivity index (χ4n) is 6.94. The van der Waals surface area contributed by atoms with Crippen LogP contribution in [0, 0.1) is 18.8 Å². The zero-order valence-corrected chi connectivity index (χ0v) is 28.0. The monoisotopic (exact) mass is 650 g/mol. The molecule has 3 aliphatic rings. The van der Waals surface area contributed by atoms with Gasteiger partial charge in [-0.1, -0.05) is 38.1 Å². The summed E-state index contributed by atoms with van der Waals surface area (Å²) in [5.41, 5.74) is 4.86. The number of aliphatic hydroxyl groups excluding tert-OH is 1. The van der Waals surface area contributed by atoms with Gasteiger partial charge in [-0.2, -0.15) is 0 Å². The predicted molar refractivity (Wildman–Crippen MR) is 176 cm³/mol. The first-order chi connectivity index (χ1) is 22.2. The lowest BCUT2D eigenvalue weighted by molar-refractivity contribution is -0.141. The molecule has 2 amide bonds. The molecule has 3 aliphatic heterocycles. The first-order valence-corrected chi connectivity index (χ1v) is 17.4. The van der Waals surface area contributed by atoms with Crippen molar-refractivity contribution in [1.29, 1.82) is 0 Å². The molecular weight excluding hydrogens is 604 g/mol. The summed E-state index contributed by atoms with van der Waals surface area (Å²) < 4.78 is 11.8. The molecular formula is C34H46N6O5S. The van der Waals surface area contributed by atoms with E-state index in [9.17, 15) is 14.7 Å². The number of amides is 2. The van der Waals surface area contributed by atoms with E-state index in [1.807, 2.05) is 57.5 Å². The number of nitrogens with one attached hydrogen (secondary N) is 2. The molecule has 0 unspecified atom stereocenters. The van der Waals surface area contributed by atoms with E-state index < -0.39 is 18.1 Å².